The van der Waals surface area contributed by atoms with Gasteiger partial charge in [0.15, 0.2) is 0 Å². The van der Waals surface area contributed by atoms with E-state index in [1.54, 1.807) is 19.2 Å². The van der Waals surface area contributed by atoms with Gasteiger partial charge in [-0.05, 0) is 18.6 Å². The second kappa shape index (κ2) is 7.56. The number of carbonyl (C=O) groups is 1. The van der Waals surface area contributed by atoms with Crippen molar-refractivity contribution in [3.8, 4) is 5.75 Å². The summed E-state index contributed by atoms with van der Waals surface area (Å²) in [5, 5.41) is 0. The van der Waals surface area contributed by atoms with Gasteiger partial charge in [0.1, 0.15) is 11.6 Å². The Morgan fingerprint density at radius 3 is 2.73 bits per heavy atom. The van der Waals surface area contributed by atoms with Crippen molar-refractivity contribution in [1.29, 1.82) is 0 Å². The van der Waals surface area contributed by atoms with Crippen LogP contribution < -0.4 is 4.74 Å². The fourth-order valence-corrected chi connectivity index (χ4v) is 2.89. The number of carbonyl (C=O) groups excluding carboxylic acids is 1. The Morgan fingerprint density at radius 2 is 2.09 bits per heavy atom. The minimum atomic E-state index is -0.312. The standard InChI is InChI=1S/C16H22FNO4/c1-20-12-7-11(16(19)22-3)8-18(9-12)10-13-14(17)5-4-6-15(13)21-2/h4-6,11-12H,7-10H2,1-3H3. The van der Waals surface area contributed by atoms with Gasteiger partial charge in [0, 0.05) is 32.3 Å². The number of esters is 1. The summed E-state index contributed by atoms with van der Waals surface area (Å²) in [6, 6.07) is 4.75. The summed E-state index contributed by atoms with van der Waals surface area (Å²) in [4.78, 5) is 13.8. The van der Waals surface area contributed by atoms with E-state index in [9.17, 15) is 9.18 Å². The lowest BCUT2D eigenvalue weighted by Gasteiger charge is -2.36. The normalized spacial score (nSPS) is 22.4. The molecule has 0 aromatic heterocycles. The summed E-state index contributed by atoms with van der Waals surface area (Å²) in [6.45, 7) is 1.52. The van der Waals surface area contributed by atoms with Crippen LogP contribution in [0, 0.1) is 11.7 Å². The second-order valence-electron chi connectivity index (χ2n) is 5.43. The van der Waals surface area contributed by atoms with Crippen LogP contribution in [0.2, 0.25) is 0 Å². The zero-order chi connectivity index (χ0) is 16.1. The van der Waals surface area contributed by atoms with Crippen molar-refractivity contribution in [2.24, 2.45) is 5.92 Å². The summed E-state index contributed by atoms with van der Waals surface area (Å²) in [6.07, 6.45) is 0.546. The molecule has 2 rings (SSSR count). The van der Waals surface area contributed by atoms with Crippen LogP contribution in [0.25, 0.3) is 0 Å². The first-order valence-electron chi connectivity index (χ1n) is 7.23. The van der Waals surface area contributed by atoms with Gasteiger partial charge in [-0.3, -0.25) is 9.69 Å². The van der Waals surface area contributed by atoms with Crippen LogP contribution in [0.15, 0.2) is 18.2 Å². The van der Waals surface area contributed by atoms with Gasteiger partial charge in [0.2, 0.25) is 0 Å². The van der Waals surface area contributed by atoms with Gasteiger partial charge in [0.05, 0.1) is 26.2 Å². The van der Waals surface area contributed by atoms with Gasteiger partial charge in [0.25, 0.3) is 0 Å². The van der Waals surface area contributed by atoms with Crippen LogP contribution in [0.4, 0.5) is 4.39 Å². The van der Waals surface area contributed by atoms with Crippen molar-refractivity contribution >= 4 is 5.97 Å². The minimum absolute atomic E-state index is 0.0735. The number of halogens is 1. The Labute approximate surface area is 130 Å². The van der Waals surface area contributed by atoms with Gasteiger partial charge in [-0.15, -0.1) is 0 Å². The van der Waals surface area contributed by atoms with Crippen LogP contribution in [0.5, 0.6) is 5.75 Å². The zero-order valence-electron chi connectivity index (χ0n) is 13.2. The fraction of sp³-hybridized carbons (Fsp3) is 0.562. The highest BCUT2D eigenvalue weighted by molar-refractivity contribution is 5.72. The predicted octanol–water partition coefficient (Wildman–Crippen LogP) is 1.84. The predicted molar refractivity (Wildman–Crippen MR) is 79.1 cm³/mol. The monoisotopic (exact) mass is 311 g/mol. The summed E-state index contributed by atoms with van der Waals surface area (Å²) in [5.41, 5.74) is 0.491. The van der Waals surface area contributed by atoms with Crippen LogP contribution in [-0.2, 0) is 20.8 Å². The van der Waals surface area contributed by atoms with E-state index < -0.39 is 0 Å². The SMILES string of the molecule is COC(=O)C1CC(OC)CN(Cc2c(F)cccc2OC)C1. The Balaban J connectivity index is 2.16. The molecule has 0 N–H and O–H groups in total. The number of nitrogens with zero attached hydrogens (tertiary/aromatic N) is 1. The average molecular weight is 311 g/mol. The molecule has 5 nitrogen and oxygen atoms in total. The fourth-order valence-electron chi connectivity index (χ4n) is 2.89. The Bertz CT molecular complexity index is 523. The lowest BCUT2D eigenvalue weighted by atomic mass is 9.95. The summed E-state index contributed by atoms with van der Waals surface area (Å²) in [7, 11) is 4.51. The lowest BCUT2D eigenvalue weighted by Crippen LogP contribution is -2.46. The highest BCUT2D eigenvalue weighted by Gasteiger charge is 2.33. The van der Waals surface area contributed by atoms with E-state index in [-0.39, 0.29) is 23.8 Å². The molecule has 0 bridgehead atoms. The van der Waals surface area contributed by atoms with Crippen LogP contribution in [0.3, 0.4) is 0 Å². The second-order valence-corrected chi connectivity index (χ2v) is 5.43. The van der Waals surface area contributed by atoms with Crippen LogP contribution in [-0.4, -0.2) is 51.4 Å². The number of hydrogen-bond donors (Lipinski definition) is 0. The molecule has 1 aliphatic rings. The van der Waals surface area contributed by atoms with E-state index in [0.717, 1.165) is 0 Å². The maximum Gasteiger partial charge on any atom is 0.310 e. The van der Waals surface area contributed by atoms with Crippen LogP contribution in [0.1, 0.15) is 12.0 Å². The smallest absolute Gasteiger partial charge is 0.310 e. The average Bonchev–Trinajstić information content (AvgIpc) is 2.55. The van der Waals surface area contributed by atoms with Crippen molar-refractivity contribution in [3.05, 3.63) is 29.6 Å². The number of methoxy groups -OCH3 is 3. The molecule has 0 radical (unpaired) electrons. The number of likely N-dealkylation sites (tertiary alicyclic amines) is 1. The first kappa shape index (κ1) is 16.7. The Hall–Kier alpha value is -1.66. The van der Waals surface area contributed by atoms with Gasteiger partial charge in [-0.25, -0.2) is 4.39 Å². The van der Waals surface area contributed by atoms with Gasteiger partial charge in [-0.1, -0.05) is 6.07 Å². The molecule has 0 aliphatic carbocycles. The lowest BCUT2D eigenvalue weighted by molar-refractivity contribution is -0.150. The molecule has 1 aromatic carbocycles. The molecule has 1 aromatic rings. The van der Waals surface area contributed by atoms with Gasteiger partial charge < -0.3 is 14.2 Å². The quantitative estimate of drug-likeness (QED) is 0.777. The van der Waals surface area contributed by atoms with Crippen LogP contribution >= 0.6 is 0 Å². The Morgan fingerprint density at radius 1 is 1.32 bits per heavy atom. The molecule has 22 heavy (non-hydrogen) atoms. The minimum Gasteiger partial charge on any atom is -0.496 e. The van der Waals surface area contributed by atoms with Gasteiger partial charge in [-0.2, -0.15) is 0 Å². The number of rotatable bonds is 5. The molecule has 0 spiro atoms. The maximum atomic E-state index is 14.1. The summed E-state index contributed by atoms with van der Waals surface area (Å²) >= 11 is 0. The van der Waals surface area contributed by atoms with Crippen molar-refractivity contribution in [2.45, 2.75) is 19.1 Å². The van der Waals surface area contributed by atoms with E-state index in [2.05, 4.69) is 0 Å². The molecule has 1 heterocycles. The van der Waals surface area contributed by atoms with Crippen molar-refractivity contribution in [1.82, 2.24) is 4.90 Å². The molecule has 0 saturated carbocycles. The third-order valence-corrected chi connectivity index (χ3v) is 4.03. The molecule has 6 heteroatoms. The number of piperidine rings is 1. The van der Waals surface area contributed by atoms with E-state index in [4.69, 9.17) is 14.2 Å². The van der Waals surface area contributed by atoms with E-state index in [1.165, 1.54) is 20.3 Å². The van der Waals surface area contributed by atoms with E-state index in [0.29, 0.717) is 37.4 Å². The number of ether oxygens (including phenoxy) is 3. The molecule has 1 fully saturated rings. The van der Waals surface area contributed by atoms with Crippen molar-refractivity contribution in [3.63, 3.8) is 0 Å². The molecule has 2 unspecified atom stereocenters. The summed E-state index contributed by atoms with van der Waals surface area (Å²) < 4.78 is 29.5. The number of benzene rings is 1. The van der Waals surface area contributed by atoms with E-state index >= 15 is 0 Å². The third kappa shape index (κ3) is 3.75. The maximum absolute atomic E-state index is 14.1. The molecule has 0 amide bonds. The third-order valence-electron chi connectivity index (χ3n) is 4.03. The molecular weight excluding hydrogens is 289 g/mol. The largest absolute Gasteiger partial charge is 0.496 e. The molecule has 1 saturated heterocycles. The summed E-state index contributed by atoms with van der Waals surface area (Å²) in [5.74, 6) is -0.323. The van der Waals surface area contributed by atoms with E-state index in [1.807, 2.05) is 4.90 Å². The Kier molecular flexibility index (Phi) is 5.74. The zero-order valence-corrected chi connectivity index (χ0v) is 13.2. The molecule has 2 atom stereocenters. The molecule has 1 aliphatic heterocycles. The number of hydrogen-bond acceptors (Lipinski definition) is 5. The first-order chi connectivity index (χ1) is 10.6. The van der Waals surface area contributed by atoms with Crippen molar-refractivity contribution < 1.29 is 23.4 Å². The highest BCUT2D eigenvalue weighted by atomic mass is 19.1. The topological polar surface area (TPSA) is 48.0 Å². The molecular formula is C16H22FNO4. The first-order valence-corrected chi connectivity index (χ1v) is 7.23. The van der Waals surface area contributed by atoms with Crippen molar-refractivity contribution in [2.75, 3.05) is 34.4 Å². The highest BCUT2D eigenvalue weighted by Crippen LogP contribution is 2.26. The van der Waals surface area contributed by atoms with Gasteiger partial charge >= 0.3 is 5.97 Å². The molecule has 122 valence electrons.